The highest BCUT2D eigenvalue weighted by Gasteiger charge is 2.12. The van der Waals surface area contributed by atoms with Crippen LogP contribution in [0.1, 0.15) is 13.0 Å². The first-order valence-electron chi connectivity index (χ1n) is 6.29. The van der Waals surface area contributed by atoms with Gasteiger partial charge in [-0.3, -0.25) is 14.0 Å². The van der Waals surface area contributed by atoms with Crippen molar-refractivity contribution in [1.29, 1.82) is 0 Å². The summed E-state index contributed by atoms with van der Waals surface area (Å²) in [6.07, 6.45) is 4.90. The van der Waals surface area contributed by atoms with Gasteiger partial charge in [-0.05, 0) is 25.1 Å². The maximum atomic E-state index is 13.6. The molecule has 0 saturated carbocycles. The van der Waals surface area contributed by atoms with Crippen molar-refractivity contribution in [2.45, 2.75) is 19.5 Å². The minimum atomic E-state index is -0.480. The fourth-order valence-corrected chi connectivity index (χ4v) is 2.21. The molecule has 2 aromatic heterocycles. The molecule has 2 heterocycles. The van der Waals surface area contributed by atoms with E-state index < -0.39 is 5.82 Å². The number of para-hydroxylation sites is 1. The molecule has 5 nitrogen and oxygen atoms in total. The summed E-state index contributed by atoms with van der Waals surface area (Å²) in [7, 11) is 0. The Morgan fingerprint density at radius 2 is 2.20 bits per heavy atom. The molecule has 0 spiro atoms. The zero-order chi connectivity index (χ0) is 14.1. The normalized spacial score (nSPS) is 12.7. The quantitative estimate of drug-likeness (QED) is 0.732. The summed E-state index contributed by atoms with van der Waals surface area (Å²) in [6.45, 7) is 2.45. The lowest BCUT2D eigenvalue weighted by atomic mass is 10.2. The molecule has 0 aliphatic rings. The highest BCUT2D eigenvalue weighted by molar-refractivity contribution is 5.77. The second-order valence-corrected chi connectivity index (χ2v) is 4.67. The lowest BCUT2D eigenvalue weighted by molar-refractivity contribution is 0.425. The van der Waals surface area contributed by atoms with Crippen LogP contribution < -0.4 is 5.56 Å². The van der Waals surface area contributed by atoms with Crippen molar-refractivity contribution in [3.05, 3.63) is 59.2 Å². The molecule has 3 aromatic rings. The van der Waals surface area contributed by atoms with Gasteiger partial charge in [-0.15, -0.1) is 0 Å². The summed E-state index contributed by atoms with van der Waals surface area (Å²) >= 11 is 0. The Morgan fingerprint density at radius 3 is 2.95 bits per heavy atom. The van der Waals surface area contributed by atoms with E-state index in [0.29, 0.717) is 11.9 Å². The number of rotatable bonds is 3. The molecule has 0 bridgehead atoms. The molecular weight excluding hydrogens is 259 g/mol. The highest BCUT2D eigenvalue weighted by atomic mass is 19.1. The fourth-order valence-electron chi connectivity index (χ4n) is 2.21. The standard InChI is InChI=1S/C14H13FN4O/c1-10(8-18-7-3-6-17-18)19-9-16-13-11(14(19)20)4-2-5-12(13)15/h2-7,9-10H,8H2,1H3. The third-order valence-electron chi connectivity index (χ3n) is 3.25. The number of aromatic nitrogens is 4. The van der Waals surface area contributed by atoms with Gasteiger partial charge < -0.3 is 0 Å². The van der Waals surface area contributed by atoms with E-state index in [1.165, 1.54) is 23.0 Å². The second-order valence-electron chi connectivity index (χ2n) is 4.67. The number of benzene rings is 1. The van der Waals surface area contributed by atoms with Gasteiger partial charge >= 0.3 is 0 Å². The third-order valence-corrected chi connectivity index (χ3v) is 3.25. The highest BCUT2D eigenvalue weighted by Crippen LogP contribution is 2.13. The molecule has 0 fully saturated rings. The molecule has 1 unspecified atom stereocenters. The van der Waals surface area contributed by atoms with Crippen molar-refractivity contribution in [3.63, 3.8) is 0 Å². The summed E-state index contributed by atoms with van der Waals surface area (Å²) in [5.41, 5.74) is -0.130. The van der Waals surface area contributed by atoms with Crippen LogP contribution in [0.4, 0.5) is 4.39 Å². The molecule has 3 rings (SSSR count). The van der Waals surface area contributed by atoms with E-state index in [2.05, 4.69) is 10.1 Å². The van der Waals surface area contributed by atoms with Crippen LogP contribution in [0, 0.1) is 5.82 Å². The van der Waals surface area contributed by atoms with Gasteiger partial charge in [0, 0.05) is 12.4 Å². The summed E-state index contributed by atoms with van der Waals surface area (Å²) in [5.74, 6) is -0.480. The van der Waals surface area contributed by atoms with E-state index in [4.69, 9.17) is 0 Å². The Balaban J connectivity index is 2.04. The molecule has 0 radical (unpaired) electrons. The fraction of sp³-hybridized carbons (Fsp3) is 0.214. The van der Waals surface area contributed by atoms with Crippen LogP contribution in [0.15, 0.2) is 47.8 Å². The third kappa shape index (κ3) is 2.09. The average molecular weight is 272 g/mol. The van der Waals surface area contributed by atoms with E-state index >= 15 is 0 Å². The maximum Gasteiger partial charge on any atom is 0.261 e. The van der Waals surface area contributed by atoms with Gasteiger partial charge in [0.25, 0.3) is 5.56 Å². The van der Waals surface area contributed by atoms with Crippen LogP contribution in [0.5, 0.6) is 0 Å². The monoisotopic (exact) mass is 272 g/mol. The molecule has 102 valence electrons. The Labute approximate surface area is 114 Å². The molecule has 0 aliphatic carbocycles. The first kappa shape index (κ1) is 12.5. The predicted molar refractivity (Wildman–Crippen MR) is 72.9 cm³/mol. The SMILES string of the molecule is CC(Cn1cccn1)n1cnc2c(F)cccc2c1=O. The smallest absolute Gasteiger partial charge is 0.261 e. The molecule has 6 heteroatoms. The summed E-state index contributed by atoms with van der Waals surface area (Å²) < 4.78 is 16.8. The van der Waals surface area contributed by atoms with Gasteiger partial charge in [0.15, 0.2) is 0 Å². The van der Waals surface area contributed by atoms with Gasteiger partial charge in [-0.1, -0.05) is 6.07 Å². The second kappa shape index (κ2) is 4.88. The molecule has 0 amide bonds. The van der Waals surface area contributed by atoms with Crippen LogP contribution >= 0.6 is 0 Å². The zero-order valence-corrected chi connectivity index (χ0v) is 10.9. The summed E-state index contributed by atoms with van der Waals surface area (Å²) in [4.78, 5) is 16.4. The lowest BCUT2D eigenvalue weighted by Gasteiger charge is -2.15. The lowest BCUT2D eigenvalue weighted by Crippen LogP contribution is -2.26. The first-order chi connectivity index (χ1) is 9.66. The number of hydrogen-bond acceptors (Lipinski definition) is 3. The Bertz CT molecular complexity index is 795. The van der Waals surface area contributed by atoms with E-state index in [1.54, 1.807) is 16.9 Å². The van der Waals surface area contributed by atoms with Crippen LogP contribution in [0.3, 0.4) is 0 Å². The Morgan fingerprint density at radius 1 is 1.35 bits per heavy atom. The Hall–Kier alpha value is -2.50. The number of halogens is 1. The van der Waals surface area contributed by atoms with Crippen molar-refractivity contribution in [2.24, 2.45) is 0 Å². The number of fused-ring (bicyclic) bond motifs is 1. The van der Waals surface area contributed by atoms with Crippen LogP contribution in [-0.4, -0.2) is 19.3 Å². The average Bonchev–Trinajstić information content (AvgIpc) is 2.93. The zero-order valence-electron chi connectivity index (χ0n) is 10.9. The van der Waals surface area contributed by atoms with Crippen LogP contribution in [0.25, 0.3) is 10.9 Å². The number of nitrogens with zero attached hydrogens (tertiary/aromatic N) is 4. The predicted octanol–water partition coefficient (Wildman–Crippen LogP) is 1.99. The van der Waals surface area contributed by atoms with E-state index in [9.17, 15) is 9.18 Å². The maximum absolute atomic E-state index is 13.6. The first-order valence-corrected chi connectivity index (χ1v) is 6.29. The largest absolute Gasteiger partial charge is 0.294 e. The van der Waals surface area contributed by atoms with Gasteiger partial charge in [0.2, 0.25) is 0 Å². The topological polar surface area (TPSA) is 52.7 Å². The van der Waals surface area contributed by atoms with Gasteiger partial charge in [-0.2, -0.15) is 5.10 Å². The van der Waals surface area contributed by atoms with E-state index in [1.807, 2.05) is 19.2 Å². The molecule has 0 saturated heterocycles. The molecule has 1 atom stereocenters. The molecule has 20 heavy (non-hydrogen) atoms. The van der Waals surface area contributed by atoms with E-state index in [-0.39, 0.29) is 17.1 Å². The van der Waals surface area contributed by atoms with Crippen LogP contribution in [0.2, 0.25) is 0 Å². The molecule has 0 aliphatic heterocycles. The van der Waals surface area contributed by atoms with Gasteiger partial charge in [0.1, 0.15) is 11.3 Å². The summed E-state index contributed by atoms with van der Waals surface area (Å²) in [5, 5.41) is 4.40. The van der Waals surface area contributed by atoms with Crippen molar-refractivity contribution < 1.29 is 4.39 Å². The van der Waals surface area contributed by atoms with Gasteiger partial charge in [0.05, 0.1) is 24.3 Å². The van der Waals surface area contributed by atoms with E-state index in [0.717, 1.165) is 0 Å². The minimum absolute atomic E-state index is 0.111. The molecular formula is C14H13FN4O. The van der Waals surface area contributed by atoms with Crippen molar-refractivity contribution in [3.8, 4) is 0 Å². The van der Waals surface area contributed by atoms with Crippen molar-refractivity contribution >= 4 is 10.9 Å². The van der Waals surface area contributed by atoms with Crippen molar-refractivity contribution in [1.82, 2.24) is 19.3 Å². The minimum Gasteiger partial charge on any atom is -0.294 e. The van der Waals surface area contributed by atoms with Gasteiger partial charge in [-0.25, -0.2) is 9.37 Å². The van der Waals surface area contributed by atoms with Crippen molar-refractivity contribution in [2.75, 3.05) is 0 Å². The Kier molecular flexibility index (Phi) is 3.06. The number of hydrogen-bond donors (Lipinski definition) is 0. The summed E-state index contributed by atoms with van der Waals surface area (Å²) in [6, 6.07) is 6.10. The van der Waals surface area contributed by atoms with Crippen LogP contribution in [-0.2, 0) is 6.54 Å². The molecule has 0 N–H and O–H groups in total. The molecule has 1 aromatic carbocycles.